The maximum absolute atomic E-state index is 10.6. The van der Waals surface area contributed by atoms with Crippen LogP contribution in [0.25, 0.3) is 11.4 Å². The Balaban J connectivity index is 2.34. The molecule has 2 heterocycles. The predicted molar refractivity (Wildman–Crippen MR) is 60.9 cm³/mol. The van der Waals surface area contributed by atoms with Gasteiger partial charge in [0, 0.05) is 18.0 Å². The molecule has 0 aromatic carbocycles. The maximum atomic E-state index is 10.6. The van der Waals surface area contributed by atoms with Crippen molar-refractivity contribution in [1.82, 2.24) is 15.0 Å². The number of imidazole rings is 1. The summed E-state index contributed by atoms with van der Waals surface area (Å²) in [6.07, 6.45) is 3.24. The van der Waals surface area contributed by atoms with Crippen LogP contribution in [-0.4, -0.2) is 26.0 Å². The summed E-state index contributed by atoms with van der Waals surface area (Å²) in [5, 5.41) is 8.69. The van der Waals surface area contributed by atoms with Gasteiger partial charge < -0.3 is 10.1 Å². The Kier molecular flexibility index (Phi) is 3.00. The van der Waals surface area contributed by atoms with Crippen molar-refractivity contribution in [3.63, 3.8) is 0 Å². The van der Waals surface area contributed by atoms with Gasteiger partial charge in [-0.1, -0.05) is 0 Å². The first-order chi connectivity index (χ1) is 7.66. The molecule has 0 spiro atoms. The molecule has 0 radical (unpaired) electrons. The number of carboxylic acid groups (broad SMARTS) is 1. The molecule has 16 heavy (non-hydrogen) atoms. The van der Waals surface area contributed by atoms with Gasteiger partial charge in [0.1, 0.15) is 10.4 Å². The first kappa shape index (κ1) is 10.8. The van der Waals surface area contributed by atoms with Crippen molar-refractivity contribution >= 4 is 21.9 Å². The van der Waals surface area contributed by atoms with Gasteiger partial charge in [0.25, 0.3) is 0 Å². The molecule has 5 nitrogen and oxygen atoms in total. The number of aromatic nitrogens is 3. The second kappa shape index (κ2) is 4.44. The monoisotopic (exact) mass is 281 g/mol. The quantitative estimate of drug-likeness (QED) is 0.900. The van der Waals surface area contributed by atoms with Crippen LogP contribution < -0.4 is 0 Å². The zero-order chi connectivity index (χ0) is 11.5. The molecule has 0 saturated heterocycles. The average molecular weight is 282 g/mol. The number of H-pyrrole nitrogens is 1. The summed E-state index contributed by atoms with van der Waals surface area (Å²) < 4.78 is 0.522. The van der Waals surface area contributed by atoms with E-state index >= 15 is 0 Å². The molecule has 2 N–H and O–H groups in total. The molecule has 0 fully saturated rings. The second-order valence-electron chi connectivity index (χ2n) is 3.17. The van der Waals surface area contributed by atoms with Crippen LogP contribution in [0, 0.1) is 0 Å². The maximum Gasteiger partial charge on any atom is 0.309 e. The number of nitrogens with one attached hydrogen (secondary N) is 1. The number of rotatable bonds is 3. The predicted octanol–water partition coefficient (Wildman–Crippen LogP) is 1.86. The minimum Gasteiger partial charge on any atom is -0.481 e. The molecule has 0 aliphatic heterocycles. The number of carbonyl (C=O) groups is 1. The third-order valence-corrected chi connectivity index (χ3v) is 2.65. The molecule has 0 saturated carbocycles. The highest BCUT2D eigenvalue weighted by Gasteiger charge is 2.11. The van der Waals surface area contributed by atoms with Gasteiger partial charge in [-0.05, 0) is 28.1 Å². The van der Waals surface area contributed by atoms with E-state index < -0.39 is 5.97 Å². The normalized spacial score (nSPS) is 10.3. The summed E-state index contributed by atoms with van der Waals surface area (Å²) in [5.41, 5.74) is 1.37. The SMILES string of the molecule is O=C(O)Cc1[nH]c(-c2cccnc2)nc1Br. The van der Waals surface area contributed by atoms with Gasteiger partial charge in [0.05, 0.1) is 12.1 Å². The van der Waals surface area contributed by atoms with Crippen LogP contribution in [0.5, 0.6) is 0 Å². The van der Waals surface area contributed by atoms with Crippen molar-refractivity contribution < 1.29 is 9.90 Å². The minimum atomic E-state index is -0.901. The molecule has 82 valence electrons. The Bertz CT molecular complexity index is 510. The van der Waals surface area contributed by atoms with E-state index in [1.807, 2.05) is 6.07 Å². The highest BCUT2D eigenvalue weighted by molar-refractivity contribution is 9.10. The fourth-order valence-electron chi connectivity index (χ4n) is 1.30. The Morgan fingerprint density at radius 1 is 1.56 bits per heavy atom. The lowest BCUT2D eigenvalue weighted by atomic mass is 10.3. The number of hydrogen-bond donors (Lipinski definition) is 2. The summed E-state index contributed by atoms with van der Waals surface area (Å²) in [5.74, 6) is -0.293. The van der Waals surface area contributed by atoms with E-state index in [1.165, 1.54) is 0 Å². The van der Waals surface area contributed by atoms with E-state index in [0.29, 0.717) is 16.1 Å². The molecule has 0 aliphatic rings. The molecule has 0 atom stereocenters. The Morgan fingerprint density at radius 2 is 2.38 bits per heavy atom. The lowest BCUT2D eigenvalue weighted by molar-refractivity contribution is -0.136. The largest absolute Gasteiger partial charge is 0.481 e. The van der Waals surface area contributed by atoms with Crippen LogP contribution in [-0.2, 0) is 11.2 Å². The molecule has 0 bridgehead atoms. The standard InChI is InChI=1S/C10H8BrN3O2/c11-9-7(4-8(15)16)13-10(14-9)6-2-1-3-12-5-6/h1-3,5H,4H2,(H,13,14)(H,15,16). The summed E-state index contributed by atoms with van der Waals surface area (Å²) in [4.78, 5) is 21.7. The Hall–Kier alpha value is -1.69. The van der Waals surface area contributed by atoms with E-state index in [0.717, 1.165) is 5.56 Å². The summed E-state index contributed by atoms with van der Waals surface area (Å²) in [6, 6.07) is 3.64. The third-order valence-electron chi connectivity index (χ3n) is 1.99. The molecule has 0 unspecified atom stereocenters. The molecule has 2 aromatic rings. The van der Waals surface area contributed by atoms with Gasteiger partial charge in [0.15, 0.2) is 0 Å². The first-order valence-corrected chi connectivity index (χ1v) is 5.32. The average Bonchev–Trinajstić information content (AvgIpc) is 2.61. The van der Waals surface area contributed by atoms with Crippen molar-refractivity contribution in [2.24, 2.45) is 0 Å². The fraction of sp³-hybridized carbons (Fsp3) is 0.100. The van der Waals surface area contributed by atoms with Gasteiger partial charge in [0.2, 0.25) is 0 Å². The number of hydrogen-bond acceptors (Lipinski definition) is 3. The fourth-order valence-corrected chi connectivity index (χ4v) is 1.71. The van der Waals surface area contributed by atoms with E-state index in [4.69, 9.17) is 5.11 Å². The van der Waals surface area contributed by atoms with Crippen LogP contribution in [0.3, 0.4) is 0 Å². The second-order valence-corrected chi connectivity index (χ2v) is 3.92. The molecule has 0 amide bonds. The van der Waals surface area contributed by atoms with Crippen LogP contribution in [0.1, 0.15) is 5.69 Å². The summed E-state index contributed by atoms with van der Waals surface area (Å²) in [6.45, 7) is 0. The van der Waals surface area contributed by atoms with E-state index in [-0.39, 0.29) is 6.42 Å². The van der Waals surface area contributed by atoms with Crippen molar-refractivity contribution in [3.8, 4) is 11.4 Å². The molecular weight excluding hydrogens is 274 g/mol. The van der Waals surface area contributed by atoms with Crippen molar-refractivity contribution in [2.45, 2.75) is 6.42 Å². The molecule has 6 heteroatoms. The Labute approximate surface area is 99.7 Å². The lowest BCUT2D eigenvalue weighted by Crippen LogP contribution is -2.00. The molecule has 2 rings (SSSR count). The van der Waals surface area contributed by atoms with Gasteiger partial charge in [-0.15, -0.1) is 0 Å². The molecule has 2 aromatic heterocycles. The van der Waals surface area contributed by atoms with E-state index in [1.54, 1.807) is 18.5 Å². The van der Waals surface area contributed by atoms with Gasteiger partial charge >= 0.3 is 5.97 Å². The van der Waals surface area contributed by atoms with Crippen molar-refractivity contribution in [2.75, 3.05) is 0 Å². The number of aromatic amines is 1. The van der Waals surface area contributed by atoms with Crippen LogP contribution in [0.4, 0.5) is 0 Å². The van der Waals surface area contributed by atoms with Crippen LogP contribution >= 0.6 is 15.9 Å². The number of halogens is 1. The van der Waals surface area contributed by atoms with E-state index in [2.05, 4.69) is 30.9 Å². The third kappa shape index (κ3) is 2.27. The molecular formula is C10H8BrN3O2. The van der Waals surface area contributed by atoms with Gasteiger partial charge in [-0.2, -0.15) is 0 Å². The zero-order valence-electron chi connectivity index (χ0n) is 8.14. The molecule has 0 aliphatic carbocycles. The topological polar surface area (TPSA) is 78.9 Å². The number of carboxylic acids is 1. The number of nitrogens with zero attached hydrogens (tertiary/aromatic N) is 2. The van der Waals surface area contributed by atoms with Crippen LogP contribution in [0.15, 0.2) is 29.1 Å². The van der Waals surface area contributed by atoms with Crippen molar-refractivity contribution in [1.29, 1.82) is 0 Å². The highest BCUT2D eigenvalue weighted by Crippen LogP contribution is 2.21. The summed E-state index contributed by atoms with van der Waals surface area (Å²) >= 11 is 3.22. The smallest absolute Gasteiger partial charge is 0.309 e. The minimum absolute atomic E-state index is 0.0894. The van der Waals surface area contributed by atoms with Crippen molar-refractivity contribution in [3.05, 3.63) is 34.8 Å². The number of aliphatic carboxylic acids is 1. The number of pyridine rings is 1. The van der Waals surface area contributed by atoms with Crippen LogP contribution in [0.2, 0.25) is 0 Å². The zero-order valence-corrected chi connectivity index (χ0v) is 9.73. The van der Waals surface area contributed by atoms with Gasteiger partial charge in [-0.25, -0.2) is 4.98 Å². The lowest BCUT2D eigenvalue weighted by Gasteiger charge is -1.94. The van der Waals surface area contributed by atoms with Gasteiger partial charge in [-0.3, -0.25) is 9.78 Å². The highest BCUT2D eigenvalue weighted by atomic mass is 79.9. The summed E-state index contributed by atoms with van der Waals surface area (Å²) in [7, 11) is 0. The first-order valence-electron chi connectivity index (χ1n) is 4.53. The van der Waals surface area contributed by atoms with E-state index in [9.17, 15) is 4.79 Å². The Morgan fingerprint density at radius 3 is 3.00 bits per heavy atom.